The first-order chi connectivity index (χ1) is 7.84. The Hall–Kier alpha value is -1.29. The summed E-state index contributed by atoms with van der Waals surface area (Å²) < 4.78 is 4.94. The van der Waals surface area contributed by atoms with E-state index < -0.39 is 0 Å². The number of nitrogens with one attached hydrogen (secondary N) is 2. The lowest BCUT2D eigenvalue weighted by atomic mass is 9.94. The minimum atomic E-state index is 0.146. The standard InChI is InChI=1S/C12H18N2O2/c15-12(7-10-1-4-13-5-2-10)14-8-11-3-6-16-9-11/h3,6,9-10,13H,1-2,4-5,7-8H2,(H,14,15). The number of carbonyl (C=O) groups is 1. The summed E-state index contributed by atoms with van der Waals surface area (Å²) >= 11 is 0. The van der Waals surface area contributed by atoms with Gasteiger partial charge in [-0.3, -0.25) is 4.79 Å². The zero-order chi connectivity index (χ0) is 11.2. The molecule has 0 radical (unpaired) electrons. The molecule has 16 heavy (non-hydrogen) atoms. The molecule has 2 N–H and O–H groups in total. The zero-order valence-corrected chi connectivity index (χ0v) is 9.37. The Morgan fingerprint density at radius 1 is 1.50 bits per heavy atom. The second-order valence-electron chi connectivity index (χ2n) is 4.31. The van der Waals surface area contributed by atoms with E-state index in [1.807, 2.05) is 6.07 Å². The van der Waals surface area contributed by atoms with E-state index in [2.05, 4.69) is 10.6 Å². The summed E-state index contributed by atoms with van der Waals surface area (Å²) in [6, 6.07) is 1.87. The van der Waals surface area contributed by atoms with Crippen LogP contribution in [0.15, 0.2) is 23.0 Å². The fraction of sp³-hybridized carbons (Fsp3) is 0.583. The van der Waals surface area contributed by atoms with E-state index >= 15 is 0 Å². The normalized spacial score (nSPS) is 17.2. The Morgan fingerprint density at radius 2 is 2.31 bits per heavy atom. The number of piperidine rings is 1. The first-order valence-corrected chi connectivity index (χ1v) is 5.83. The SMILES string of the molecule is O=C(CC1CCNCC1)NCc1ccoc1. The maximum Gasteiger partial charge on any atom is 0.220 e. The van der Waals surface area contributed by atoms with Crippen LogP contribution < -0.4 is 10.6 Å². The largest absolute Gasteiger partial charge is 0.472 e. The maximum absolute atomic E-state index is 11.6. The van der Waals surface area contributed by atoms with Gasteiger partial charge in [0.2, 0.25) is 5.91 Å². The summed E-state index contributed by atoms with van der Waals surface area (Å²) in [4.78, 5) is 11.6. The van der Waals surface area contributed by atoms with Gasteiger partial charge in [0, 0.05) is 18.5 Å². The van der Waals surface area contributed by atoms with Crippen LogP contribution in [0.3, 0.4) is 0 Å². The first kappa shape index (κ1) is 11.2. The molecule has 2 heterocycles. The molecule has 0 saturated carbocycles. The van der Waals surface area contributed by atoms with Crippen molar-refractivity contribution in [3.8, 4) is 0 Å². The van der Waals surface area contributed by atoms with E-state index in [-0.39, 0.29) is 5.91 Å². The predicted molar refractivity (Wildman–Crippen MR) is 60.8 cm³/mol. The Bertz CT molecular complexity index is 316. The van der Waals surface area contributed by atoms with E-state index in [1.165, 1.54) is 0 Å². The molecule has 0 aromatic carbocycles. The van der Waals surface area contributed by atoms with Crippen molar-refractivity contribution >= 4 is 5.91 Å². The lowest BCUT2D eigenvalue weighted by Gasteiger charge is -2.21. The van der Waals surface area contributed by atoms with Crippen LogP contribution >= 0.6 is 0 Å². The van der Waals surface area contributed by atoms with Crippen molar-refractivity contribution in [2.24, 2.45) is 5.92 Å². The molecular weight excluding hydrogens is 204 g/mol. The molecule has 1 aliphatic heterocycles. The van der Waals surface area contributed by atoms with Gasteiger partial charge in [-0.2, -0.15) is 0 Å². The highest BCUT2D eigenvalue weighted by Crippen LogP contribution is 2.15. The van der Waals surface area contributed by atoms with Gasteiger partial charge in [-0.05, 0) is 37.9 Å². The van der Waals surface area contributed by atoms with Gasteiger partial charge in [-0.15, -0.1) is 0 Å². The summed E-state index contributed by atoms with van der Waals surface area (Å²) in [6.45, 7) is 2.65. The number of amides is 1. The summed E-state index contributed by atoms with van der Waals surface area (Å²) in [5.74, 6) is 0.693. The molecule has 1 amide bonds. The topological polar surface area (TPSA) is 54.3 Å². The average molecular weight is 222 g/mol. The highest BCUT2D eigenvalue weighted by molar-refractivity contribution is 5.76. The smallest absolute Gasteiger partial charge is 0.220 e. The van der Waals surface area contributed by atoms with Crippen LogP contribution in [0.5, 0.6) is 0 Å². The molecule has 88 valence electrons. The summed E-state index contributed by atoms with van der Waals surface area (Å²) in [5.41, 5.74) is 1.01. The van der Waals surface area contributed by atoms with Gasteiger partial charge in [0.25, 0.3) is 0 Å². The van der Waals surface area contributed by atoms with Gasteiger partial charge in [0.1, 0.15) is 0 Å². The monoisotopic (exact) mass is 222 g/mol. The molecule has 4 nitrogen and oxygen atoms in total. The van der Waals surface area contributed by atoms with Crippen molar-refractivity contribution < 1.29 is 9.21 Å². The molecule has 1 aromatic rings. The van der Waals surface area contributed by atoms with Crippen molar-refractivity contribution in [1.29, 1.82) is 0 Å². The van der Waals surface area contributed by atoms with Crippen LogP contribution in [0.1, 0.15) is 24.8 Å². The van der Waals surface area contributed by atoms with Gasteiger partial charge in [0.15, 0.2) is 0 Å². The van der Waals surface area contributed by atoms with Crippen molar-refractivity contribution in [3.63, 3.8) is 0 Å². The Labute approximate surface area is 95.4 Å². The summed E-state index contributed by atoms with van der Waals surface area (Å²) in [7, 11) is 0. The molecule has 4 heteroatoms. The quantitative estimate of drug-likeness (QED) is 0.807. The summed E-state index contributed by atoms with van der Waals surface area (Å²) in [5, 5.41) is 6.21. The molecule has 0 bridgehead atoms. The summed E-state index contributed by atoms with van der Waals surface area (Å²) in [6.07, 6.45) is 6.15. The van der Waals surface area contributed by atoms with Crippen molar-refractivity contribution in [1.82, 2.24) is 10.6 Å². The molecule has 1 saturated heterocycles. The minimum Gasteiger partial charge on any atom is -0.472 e. The van der Waals surface area contributed by atoms with Gasteiger partial charge in [-0.25, -0.2) is 0 Å². The molecule has 0 atom stereocenters. The molecular formula is C12H18N2O2. The number of furan rings is 1. The highest BCUT2D eigenvalue weighted by atomic mass is 16.3. The highest BCUT2D eigenvalue weighted by Gasteiger charge is 2.16. The average Bonchev–Trinajstić information content (AvgIpc) is 2.81. The fourth-order valence-electron chi connectivity index (χ4n) is 2.01. The number of carbonyl (C=O) groups excluding carboxylic acids is 1. The van der Waals surface area contributed by atoms with Gasteiger partial charge >= 0.3 is 0 Å². The van der Waals surface area contributed by atoms with Crippen molar-refractivity contribution in [2.75, 3.05) is 13.1 Å². The van der Waals surface area contributed by atoms with Gasteiger partial charge in [-0.1, -0.05) is 0 Å². The van der Waals surface area contributed by atoms with Crippen LogP contribution in [0, 0.1) is 5.92 Å². The lowest BCUT2D eigenvalue weighted by molar-refractivity contribution is -0.122. The third-order valence-corrected chi connectivity index (χ3v) is 3.00. The van der Waals surface area contributed by atoms with Crippen LogP contribution in [-0.2, 0) is 11.3 Å². The zero-order valence-electron chi connectivity index (χ0n) is 9.37. The third-order valence-electron chi connectivity index (χ3n) is 3.00. The van der Waals surface area contributed by atoms with E-state index in [4.69, 9.17) is 4.42 Å². The Balaban J connectivity index is 1.67. The second kappa shape index (κ2) is 5.70. The van der Waals surface area contributed by atoms with Crippen molar-refractivity contribution in [2.45, 2.75) is 25.8 Å². The first-order valence-electron chi connectivity index (χ1n) is 5.83. The molecule has 0 unspecified atom stereocenters. The number of rotatable bonds is 4. The molecule has 1 aliphatic rings. The third kappa shape index (κ3) is 3.38. The maximum atomic E-state index is 11.6. The number of hydrogen-bond acceptors (Lipinski definition) is 3. The molecule has 2 rings (SSSR count). The lowest BCUT2D eigenvalue weighted by Crippen LogP contribution is -2.32. The number of hydrogen-bond donors (Lipinski definition) is 2. The van der Waals surface area contributed by atoms with Crippen LogP contribution in [0.2, 0.25) is 0 Å². The van der Waals surface area contributed by atoms with Crippen LogP contribution in [0.25, 0.3) is 0 Å². The molecule has 0 spiro atoms. The van der Waals surface area contributed by atoms with E-state index in [9.17, 15) is 4.79 Å². The molecule has 1 fully saturated rings. The minimum absolute atomic E-state index is 0.146. The molecule has 1 aromatic heterocycles. The molecule has 0 aliphatic carbocycles. The van der Waals surface area contributed by atoms with Crippen molar-refractivity contribution in [3.05, 3.63) is 24.2 Å². The van der Waals surface area contributed by atoms with Crippen LogP contribution in [-0.4, -0.2) is 19.0 Å². The van der Waals surface area contributed by atoms with E-state index in [0.717, 1.165) is 31.5 Å². The van der Waals surface area contributed by atoms with E-state index in [0.29, 0.717) is 18.9 Å². The second-order valence-corrected chi connectivity index (χ2v) is 4.31. The fourth-order valence-corrected chi connectivity index (χ4v) is 2.01. The Morgan fingerprint density at radius 3 is 3.00 bits per heavy atom. The van der Waals surface area contributed by atoms with Gasteiger partial charge < -0.3 is 15.1 Å². The van der Waals surface area contributed by atoms with Gasteiger partial charge in [0.05, 0.1) is 12.5 Å². The Kier molecular flexibility index (Phi) is 3.99. The van der Waals surface area contributed by atoms with E-state index in [1.54, 1.807) is 12.5 Å². The predicted octanol–water partition coefficient (Wildman–Crippen LogP) is 1.29. The van der Waals surface area contributed by atoms with Crippen LogP contribution in [0.4, 0.5) is 0 Å².